The first-order chi connectivity index (χ1) is 25.1. The molecule has 0 aliphatic heterocycles. The monoisotopic (exact) mass is 754 g/mol. The highest BCUT2D eigenvalue weighted by molar-refractivity contribution is 7.46. The molecule has 0 aliphatic rings. The molecule has 11 heteroatoms. The molecule has 0 aromatic carbocycles. The van der Waals surface area contributed by atoms with E-state index >= 15 is 0 Å². The van der Waals surface area contributed by atoms with Crippen molar-refractivity contribution in [3.8, 4) is 0 Å². The molecule has 0 amide bonds. The summed E-state index contributed by atoms with van der Waals surface area (Å²) in [6, 6.07) is 0. The van der Waals surface area contributed by atoms with Crippen LogP contribution in [-0.2, 0) is 28.2 Å². The van der Waals surface area contributed by atoms with E-state index in [-0.39, 0.29) is 32.1 Å². The number of phosphoric acid groups is 1. The lowest BCUT2D eigenvalue weighted by atomic mass is 10.0. The molecule has 0 aromatic heterocycles. The van der Waals surface area contributed by atoms with Crippen molar-refractivity contribution in [1.82, 2.24) is 0 Å². The van der Waals surface area contributed by atoms with Gasteiger partial charge < -0.3 is 29.5 Å². The van der Waals surface area contributed by atoms with Crippen molar-refractivity contribution in [3.63, 3.8) is 0 Å². The molecule has 0 unspecified atom stereocenters. The van der Waals surface area contributed by atoms with E-state index in [1.807, 2.05) is 18.2 Å². The lowest BCUT2D eigenvalue weighted by molar-refractivity contribution is -0.161. The van der Waals surface area contributed by atoms with Crippen LogP contribution in [0.5, 0.6) is 0 Å². The average molecular weight is 755 g/mol. The second-order valence-electron chi connectivity index (χ2n) is 13.2. The van der Waals surface area contributed by atoms with Gasteiger partial charge in [0.05, 0.1) is 18.8 Å². The SMILES string of the molecule is CC/C=C\C/C=C\C/C=C\C/C=C\C[C@H](O)[C@@H](O)CCCC(=O)OC[C@H](COP(=O)(O)O)OC(=O)CCCCCCC/C=C\CCCCCCCC. The minimum Gasteiger partial charge on any atom is -0.462 e. The molecule has 0 bridgehead atoms. The average Bonchev–Trinajstić information content (AvgIpc) is 3.11. The number of esters is 2. The van der Waals surface area contributed by atoms with E-state index in [9.17, 15) is 24.4 Å². The maximum atomic E-state index is 12.4. The summed E-state index contributed by atoms with van der Waals surface area (Å²) in [5, 5.41) is 20.5. The smallest absolute Gasteiger partial charge is 0.462 e. The molecule has 0 spiro atoms. The highest BCUT2D eigenvalue weighted by atomic mass is 31.2. The van der Waals surface area contributed by atoms with Crippen LogP contribution in [0.15, 0.2) is 60.8 Å². The zero-order chi connectivity index (χ0) is 38.5. The maximum absolute atomic E-state index is 12.4. The summed E-state index contributed by atoms with van der Waals surface area (Å²) in [4.78, 5) is 42.8. The van der Waals surface area contributed by atoms with Crippen LogP contribution in [0.4, 0.5) is 0 Å². The minimum absolute atomic E-state index is 0.0529. The van der Waals surface area contributed by atoms with Gasteiger partial charge in [0, 0.05) is 12.8 Å². The molecule has 3 atom stereocenters. The molecule has 0 rings (SSSR count). The van der Waals surface area contributed by atoms with E-state index in [0.717, 1.165) is 64.2 Å². The maximum Gasteiger partial charge on any atom is 0.469 e. The molecule has 52 heavy (non-hydrogen) atoms. The third-order valence-electron chi connectivity index (χ3n) is 8.22. The predicted molar refractivity (Wildman–Crippen MR) is 209 cm³/mol. The van der Waals surface area contributed by atoms with Crippen LogP contribution in [-0.4, -0.2) is 63.5 Å². The summed E-state index contributed by atoms with van der Waals surface area (Å²) in [5.41, 5.74) is 0. The number of rotatable bonds is 35. The summed E-state index contributed by atoms with van der Waals surface area (Å²) in [6.45, 7) is 3.29. The Bertz CT molecular complexity index is 1060. The second-order valence-corrected chi connectivity index (χ2v) is 14.4. The van der Waals surface area contributed by atoms with Gasteiger partial charge in [-0.2, -0.15) is 0 Å². The van der Waals surface area contributed by atoms with Gasteiger partial charge in [0.25, 0.3) is 0 Å². The Labute approximate surface area is 314 Å². The fourth-order valence-corrected chi connectivity index (χ4v) is 5.52. The number of ether oxygens (including phenoxy) is 2. The first kappa shape index (κ1) is 49.7. The normalized spacial score (nSPS) is 14.3. The van der Waals surface area contributed by atoms with E-state index in [2.05, 4.69) is 60.9 Å². The second kappa shape index (κ2) is 35.7. The van der Waals surface area contributed by atoms with Crippen LogP contribution in [0.3, 0.4) is 0 Å². The molecule has 0 aromatic rings. The highest BCUT2D eigenvalue weighted by Crippen LogP contribution is 2.36. The molecule has 10 nitrogen and oxygen atoms in total. The van der Waals surface area contributed by atoms with Crippen molar-refractivity contribution >= 4 is 19.8 Å². The number of hydrogen-bond acceptors (Lipinski definition) is 8. The first-order valence-electron chi connectivity index (χ1n) is 19.7. The molecule has 0 radical (unpaired) electrons. The number of aliphatic hydroxyl groups is 2. The first-order valence-corrected chi connectivity index (χ1v) is 21.3. The van der Waals surface area contributed by atoms with Gasteiger partial charge in [-0.15, -0.1) is 0 Å². The Morgan fingerprint density at radius 2 is 1.12 bits per heavy atom. The molecular weight excluding hydrogens is 683 g/mol. The van der Waals surface area contributed by atoms with Crippen LogP contribution < -0.4 is 0 Å². The van der Waals surface area contributed by atoms with Gasteiger partial charge in [0.1, 0.15) is 6.61 Å². The lowest BCUT2D eigenvalue weighted by Gasteiger charge is -2.19. The van der Waals surface area contributed by atoms with Crippen molar-refractivity contribution in [2.45, 2.75) is 173 Å². The highest BCUT2D eigenvalue weighted by Gasteiger charge is 2.23. The third-order valence-corrected chi connectivity index (χ3v) is 8.71. The van der Waals surface area contributed by atoms with Crippen LogP contribution >= 0.6 is 7.82 Å². The van der Waals surface area contributed by atoms with Gasteiger partial charge in [-0.05, 0) is 77.0 Å². The van der Waals surface area contributed by atoms with E-state index < -0.39 is 51.3 Å². The Morgan fingerprint density at radius 1 is 0.596 bits per heavy atom. The Kier molecular flexibility index (Phi) is 34.1. The van der Waals surface area contributed by atoms with Gasteiger partial charge >= 0.3 is 19.8 Å². The van der Waals surface area contributed by atoms with Crippen molar-refractivity contribution in [1.29, 1.82) is 0 Å². The predicted octanol–water partition coefficient (Wildman–Crippen LogP) is 9.68. The van der Waals surface area contributed by atoms with Gasteiger partial charge in [0.15, 0.2) is 6.10 Å². The third kappa shape index (κ3) is 36.0. The fourth-order valence-electron chi connectivity index (χ4n) is 5.16. The number of hydrogen-bond donors (Lipinski definition) is 4. The topological polar surface area (TPSA) is 160 Å². The quantitative estimate of drug-likeness (QED) is 0.0212. The lowest BCUT2D eigenvalue weighted by Crippen LogP contribution is -2.29. The number of allylic oxidation sites excluding steroid dienone is 9. The van der Waals surface area contributed by atoms with E-state index in [4.69, 9.17) is 19.3 Å². The van der Waals surface area contributed by atoms with Gasteiger partial charge in [0.2, 0.25) is 0 Å². The summed E-state index contributed by atoms with van der Waals surface area (Å²) < 4.78 is 26.2. The standard InChI is InChI=1S/C41H71O10P/c1-3-5-7-9-11-13-15-17-18-19-21-23-25-27-29-33-41(45)51-37(36-50-52(46,47)48)35-49-40(44)34-30-32-39(43)38(42)31-28-26-24-22-20-16-14-12-10-8-6-4-2/h6,8,12,14,17-18,20,22,26,28,37-39,42-43H,3-5,7,9-11,13,15-16,19,21,23-25,27,29-36H2,1-2H3,(H2,46,47,48)/b8-6-,14-12-,18-17-,22-20-,28-26-/t37-,38+,39+/m1/s1. The van der Waals surface area contributed by atoms with Crippen molar-refractivity contribution in [3.05, 3.63) is 60.8 Å². The molecular formula is C41H71O10P. The fraction of sp³-hybridized carbons (Fsp3) is 0.707. The van der Waals surface area contributed by atoms with Gasteiger partial charge in [-0.1, -0.05) is 126 Å². The van der Waals surface area contributed by atoms with Crippen LogP contribution in [0, 0.1) is 0 Å². The summed E-state index contributed by atoms with van der Waals surface area (Å²) in [7, 11) is -4.83. The molecule has 0 saturated carbocycles. The summed E-state index contributed by atoms with van der Waals surface area (Å²) in [6.07, 6.45) is 36.9. The molecule has 0 heterocycles. The van der Waals surface area contributed by atoms with E-state index in [1.165, 1.54) is 38.5 Å². The van der Waals surface area contributed by atoms with Gasteiger partial charge in [-0.3, -0.25) is 14.1 Å². The van der Waals surface area contributed by atoms with Crippen LogP contribution in [0.25, 0.3) is 0 Å². The van der Waals surface area contributed by atoms with E-state index in [0.29, 0.717) is 6.42 Å². The van der Waals surface area contributed by atoms with Crippen molar-refractivity contribution in [2.24, 2.45) is 0 Å². The number of carbonyl (C=O) groups is 2. The Morgan fingerprint density at radius 3 is 1.69 bits per heavy atom. The number of phosphoric ester groups is 1. The van der Waals surface area contributed by atoms with Gasteiger partial charge in [-0.25, -0.2) is 4.57 Å². The number of carbonyl (C=O) groups excluding carboxylic acids is 2. The summed E-state index contributed by atoms with van der Waals surface area (Å²) in [5.74, 6) is -1.19. The van der Waals surface area contributed by atoms with Crippen molar-refractivity contribution in [2.75, 3.05) is 13.2 Å². The largest absolute Gasteiger partial charge is 0.469 e. The molecule has 4 N–H and O–H groups in total. The minimum atomic E-state index is -4.83. The van der Waals surface area contributed by atoms with Crippen LogP contribution in [0.1, 0.15) is 155 Å². The number of unbranched alkanes of at least 4 members (excludes halogenated alkanes) is 11. The Balaban J connectivity index is 4.23. The zero-order valence-electron chi connectivity index (χ0n) is 32.2. The Hall–Kier alpha value is -2.33. The molecule has 0 fully saturated rings. The molecule has 0 saturated heterocycles. The zero-order valence-corrected chi connectivity index (χ0v) is 33.1. The number of aliphatic hydroxyl groups excluding tert-OH is 2. The van der Waals surface area contributed by atoms with E-state index in [1.54, 1.807) is 0 Å². The molecule has 300 valence electrons. The van der Waals surface area contributed by atoms with Crippen LogP contribution in [0.2, 0.25) is 0 Å². The van der Waals surface area contributed by atoms with Crippen molar-refractivity contribution < 1.29 is 48.2 Å². The molecule has 0 aliphatic carbocycles. The summed E-state index contributed by atoms with van der Waals surface area (Å²) >= 11 is 0.